The molecule has 0 bridgehead atoms. The van der Waals surface area contributed by atoms with Gasteiger partial charge in [0.15, 0.2) is 0 Å². The Labute approximate surface area is 118 Å². The lowest BCUT2D eigenvalue weighted by atomic mass is 10.1. The van der Waals surface area contributed by atoms with Crippen LogP contribution >= 0.6 is 31.9 Å². The first-order valence-electron chi connectivity index (χ1n) is 5.76. The highest BCUT2D eigenvalue weighted by Gasteiger charge is 2.29. The molecule has 0 aliphatic heterocycles. The number of alkyl halides is 1. The van der Waals surface area contributed by atoms with Gasteiger partial charge in [0.2, 0.25) is 0 Å². The van der Waals surface area contributed by atoms with Gasteiger partial charge in [0.05, 0.1) is 0 Å². The fourth-order valence-corrected chi connectivity index (χ4v) is 2.64. The van der Waals surface area contributed by atoms with Crippen molar-refractivity contribution in [3.8, 4) is 0 Å². The van der Waals surface area contributed by atoms with E-state index in [-0.39, 0.29) is 5.91 Å². The van der Waals surface area contributed by atoms with Gasteiger partial charge < -0.3 is 5.32 Å². The van der Waals surface area contributed by atoms with E-state index in [4.69, 9.17) is 0 Å². The normalized spacial score (nSPS) is 16.6. The molecule has 1 aliphatic carbocycles. The molecule has 2 rings (SSSR count). The lowest BCUT2D eigenvalue weighted by Gasteiger charge is -2.10. The van der Waals surface area contributed by atoms with Gasteiger partial charge in [0.1, 0.15) is 0 Å². The van der Waals surface area contributed by atoms with Crippen LogP contribution in [0.2, 0.25) is 0 Å². The van der Waals surface area contributed by atoms with E-state index < -0.39 is 0 Å². The summed E-state index contributed by atoms with van der Waals surface area (Å²) >= 11 is 7.04. The molecule has 1 amide bonds. The van der Waals surface area contributed by atoms with E-state index in [1.165, 1.54) is 12.8 Å². The molecule has 1 saturated carbocycles. The molecule has 0 saturated heterocycles. The van der Waals surface area contributed by atoms with E-state index in [1.54, 1.807) is 0 Å². The van der Waals surface area contributed by atoms with E-state index >= 15 is 0 Å². The Bertz CT molecular complexity index is 429. The fourth-order valence-electron chi connectivity index (χ4n) is 1.70. The molecule has 0 heterocycles. The molecular weight excluding hydrogens is 346 g/mol. The first-order valence-corrected chi connectivity index (χ1v) is 7.47. The Hall–Kier alpha value is -0.350. The van der Waals surface area contributed by atoms with Crippen molar-refractivity contribution >= 4 is 37.8 Å². The van der Waals surface area contributed by atoms with E-state index in [0.717, 1.165) is 21.5 Å². The molecule has 1 aromatic carbocycles. The summed E-state index contributed by atoms with van der Waals surface area (Å²) in [4.78, 5) is 12.3. The molecule has 1 fully saturated rings. The van der Waals surface area contributed by atoms with Gasteiger partial charge in [-0.25, -0.2) is 0 Å². The zero-order valence-corrected chi connectivity index (χ0v) is 12.8. The van der Waals surface area contributed by atoms with Crippen LogP contribution in [0.4, 0.5) is 0 Å². The SMILES string of the molecule is Cc1cc(C(=O)NCC(Br)C2CC2)ccc1Br. The Morgan fingerprint density at radius 1 is 1.53 bits per heavy atom. The lowest BCUT2D eigenvalue weighted by molar-refractivity contribution is 0.0953. The maximum absolute atomic E-state index is 11.9. The summed E-state index contributed by atoms with van der Waals surface area (Å²) in [7, 11) is 0. The van der Waals surface area contributed by atoms with Gasteiger partial charge in [-0.05, 0) is 49.4 Å². The predicted molar refractivity (Wildman–Crippen MR) is 76.7 cm³/mol. The highest BCUT2D eigenvalue weighted by Crippen LogP contribution is 2.36. The average molecular weight is 361 g/mol. The minimum absolute atomic E-state index is 0.00528. The van der Waals surface area contributed by atoms with Gasteiger partial charge in [-0.2, -0.15) is 0 Å². The van der Waals surface area contributed by atoms with Crippen LogP contribution in [0.15, 0.2) is 22.7 Å². The molecule has 92 valence electrons. The number of benzene rings is 1. The Kier molecular flexibility index (Phi) is 4.26. The number of carbonyl (C=O) groups excluding carboxylic acids is 1. The summed E-state index contributed by atoms with van der Waals surface area (Å²) in [6.07, 6.45) is 2.56. The summed E-state index contributed by atoms with van der Waals surface area (Å²) in [5.74, 6) is 0.757. The Morgan fingerprint density at radius 2 is 2.24 bits per heavy atom. The maximum atomic E-state index is 11.9. The van der Waals surface area contributed by atoms with Crippen LogP contribution in [-0.2, 0) is 0 Å². The smallest absolute Gasteiger partial charge is 0.251 e. The van der Waals surface area contributed by atoms with Crippen LogP contribution in [0.3, 0.4) is 0 Å². The summed E-state index contributed by atoms with van der Waals surface area (Å²) in [6, 6.07) is 5.66. The molecule has 1 N–H and O–H groups in total. The van der Waals surface area contributed by atoms with E-state index in [9.17, 15) is 4.79 Å². The minimum atomic E-state index is 0.00528. The van der Waals surface area contributed by atoms with Crippen LogP contribution < -0.4 is 5.32 Å². The Balaban J connectivity index is 1.92. The number of hydrogen-bond acceptors (Lipinski definition) is 1. The van der Waals surface area contributed by atoms with Crippen molar-refractivity contribution in [1.82, 2.24) is 5.32 Å². The molecule has 1 aliphatic rings. The van der Waals surface area contributed by atoms with Crippen molar-refractivity contribution < 1.29 is 4.79 Å². The van der Waals surface area contributed by atoms with Crippen molar-refractivity contribution in [2.24, 2.45) is 5.92 Å². The van der Waals surface area contributed by atoms with Crippen LogP contribution in [0.1, 0.15) is 28.8 Å². The third kappa shape index (κ3) is 3.55. The maximum Gasteiger partial charge on any atom is 0.251 e. The second kappa shape index (κ2) is 5.53. The number of hydrogen-bond donors (Lipinski definition) is 1. The third-order valence-electron chi connectivity index (χ3n) is 3.01. The number of aryl methyl sites for hydroxylation is 1. The topological polar surface area (TPSA) is 29.1 Å². The zero-order valence-electron chi connectivity index (χ0n) is 9.67. The second-order valence-electron chi connectivity index (χ2n) is 4.53. The number of halogens is 2. The van der Waals surface area contributed by atoms with Gasteiger partial charge in [0.25, 0.3) is 5.91 Å². The second-order valence-corrected chi connectivity index (χ2v) is 6.56. The summed E-state index contributed by atoms with van der Waals surface area (Å²) in [5.41, 5.74) is 1.80. The molecule has 4 heteroatoms. The summed E-state index contributed by atoms with van der Waals surface area (Å²) < 4.78 is 1.03. The first kappa shape index (κ1) is 13.1. The molecule has 0 radical (unpaired) electrons. The molecule has 0 spiro atoms. The highest BCUT2D eigenvalue weighted by atomic mass is 79.9. The summed E-state index contributed by atoms with van der Waals surface area (Å²) in [6.45, 7) is 2.69. The molecule has 1 atom stereocenters. The third-order valence-corrected chi connectivity index (χ3v) is 4.97. The van der Waals surface area contributed by atoms with Crippen molar-refractivity contribution in [3.63, 3.8) is 0 Å². The van der Waals surface area contributed by atoms with Gasteiger partial charge in [-0.15, -0.1) is 0 Å². The van der Waals surface area contributed by atoms with Gasteiger partial charge in [0, 0.05) is 21.4 Å². The number of rotatable bonds is 4. The quantitative estimate of drug-likeness (QED) is 0.815. The monoisotopic (exact) mass is 359 g/mol. The van der Waals surface area contributed by atoms with Crippen LogP contribution in [0.5, 0.6) is 0 Å². The molecule has 1 unspecified atom stereocenters. The number of carbonyl (C=O) groups is 1. The zero-order chi connectivity index (χ0) is 12.4. The number of amides is 1. The molecule has 2 nitrogen and oxygen atoms in total. The highest BCUT2D eigenvalue weighted by molar-refractivity contribution is 9.10. The van der Waals surface area contributed by atoms with Gasteiger partial charge in [-0.3, -0.25) is 4.79 Å². The standard InChI is InChI=1S/C13H15Br2NO/c1-8-6-10(4-5-11(8)14)13(17)16-7-12(15)9-2-3-9/h4-6,9,12H,2-3,7H2,1H3,(H,16,17). The van der Waals surface area contributed by atoms with Crippen molar-refractivity contribution in [3.05, 3.63) is 33.8 Å². The van der Waals surface area contributed by atoms with Crippen molar-refractivity contribution in [2.75, 3.05) is 6.54 Å². The largest absolute Gasteiger partial charge is 0.351 e. The average Bonchev–Trinajstić information content (AvgIpc) is 3.13. The first-order chi connectivity index (χ1) is 8.08. The van der Waals surface area contributed by atoms with E-state index in [1.807, 2.05) is 25.1 Å². The molecule has 0 aromatic heterocycles. The van der Waals surface area contributed by atoms with Crippen LogP contribution in [0, 0.1) is 12.8 Å². The van der Waals surface area contributed by atoms with Crippen LogP contribution in [0.25, 0.3) is 0 Å². The van der Waals surface area contributed by atoms with Gasteiger partial charge >= 0.3 is 0 Å². The van der Waals surface area contributed by atoms with Crippen molar-refractivity contribution in [1.29, 1.82) is 0 Å². The molecule has 17 heavy (non-hydrogen) atoms. The molecule has 1 aromatic rings. The minimum Gasteiger partial charge on any atom is -0.351 e. The van der Waals surface area contributed by atoms with Crippen molar-refractivity contribution in [2.45, 2.75) is 24.6 Å². The molecular formula is C13H15Br2NO. The summed E-state index contributed by atoms with van der Waals surface area (Å²) in [5, 5.41) is 2.97. The van der Waals surface area contributed by atoms with E-state index in [0.29, 0.717) is 11.4 Å². The fraction of sp³-hybridized carbons (Fsp3) is 0.462. The van der Waals surface area contributed by atoms with E-state index in [2.05, 4.69) is 37.2 Å². The Morgan fingerprint density at radius 3 is 2.82 bits per heavy atom. The number of nitrogens with one attached hydrogen (secondary N) is 1. The predicted octanol–water partition coefficient (Wildman–Crippen LogP) is 3.66. The lowest BCUT2D eigenvalue weighted by Crippen LogP contribution is -2.30. The van der Waals surface area contributed by atoms with Crippen LogP contribution in [-0.4, -0.2) is 17.3 Å². The van der Waals surface area contributed by atoms with Gasteiger partial charge in [-0.1, -0.05) is 31.9 Å².